The van der Waals surface area contributed by atoms with E-state index in [1.807, 2.05) is 18.4 Å². The van der Waals surface area contributed by atoms with Gasteiger partial charge in [-0.25, -0.2) is 4.98 Å². The quantitative estimate of drug-likeness (QED) is 0.670. The first kappa shape index (κ1) is 13.8. The molecule has 0 aliphatic carbocycles. The van der Waals surface area contributed by atoms with Crippen LogP contribution in [0.15, 0.2) is 21.8 Å². The molecule has 1 aromatic heterocycles. The number of halogens is 1. The van der Waals surface area contributed by atoms with Crippen molar-refractivity contribution in [2.75, 3.05) is 12.9 Å². The number of ether oxygens (including phenoxy) is 1. The minimum Gasteiger partial charge on any atom is -0.493 e. The molecule has 1 rings (SSSR count). The van der Waals surface area contributed by atoms with Crippen molar-refractivity contribution in [2.45, 2.75) is 30.9 Å². The van der Waals surface area contributed by atoms with Gasteiger partial charge >= 0.3 is 0 Å². The van der Waals surface area contributed by atoms with Crippen molar-refractivity contribution in [3.05, 3.63) is 16.7 Å². The highest BCUT2D eigenvalue weighted by Crippen LogP contribution is 2.23. The highest BCUT2D eigenvalue weighted by Gasteiger charge is 2.12. The zero-order valence-electron chi connectivity index (χ0n) is 9.66. The number of thioether (sulfide) groups is 1. The van der Waals surface area contributed by atoms with Crippen molar-refractivity contribution >= 4 is 27.7 Å². The van der Waals surface area contributed by atoms with Gasteiger partial charge in [0.05, 0.1) is 12.2 Å². The zero-order valence-corrected chi connectivity index (χ0v) is 12.1. The molecular formula is C11H16BrNO2S. The molecule has 0 radical (unpaired) electrons. The molecule has 0 amide bonds. The smallest absolute Gasteiger partial charge is 0.124 e. The van der Waals surface area contributed by atoms with Gasteiger partial charge in [0, 0.05) is 18.6 Å². The van der Waals surface area contributed by atoms with Crippen LogP contribution in [0.3, 0.4) is 0 Å². The third kappa shape index (κ3) is 5.18. The highest BCUT2D eigenvalue weighted by atomic mass is 79.9. The van der Waals surface area contributed by atoms with E-state index in [2.05, 4.69) is 20.9 Å². The van der Waals surface area contributed by atoms with Gasteiger partial charge in [-0.15, -0.1) is 11.8 Å². The fraction of sp³-hybridized carbons (Fsp3) is 0.545. The van der Waals surface area contributed by atoms with Gasteiger partial charge in [-0.2, -0.15) is 0 Å². The van der Waals surface area contributed by atoms with E-state index >= 15 is 0 Å². The molecule has 16 heavy (non-hydrogen) atoms. The van der Waals surface area contributed by atoms with Crippen molar-refractivity contribution in [3.63, 3.8) is 0 Å². The van der Waals surface area contributed by atoms with E-state index in [1.165, 1.54) is 0 Å². The Labute approximate surface area is 109 Å². The lowest BCUT2D eigenvalue weighted by molar-refractivity contribution is 0.0553. The monoisotopic (exact) mass is 305 g/mol. The van der Waals surface area contributed by atoms with E-state index in [-0.39, 0.29) is 0 Å². The Balaban J connectivity index is 2.57. The van der Waals surface area contributed by atoms with Gasteiger partial charge in [0.1, 0.15) is 15.4 Å². The number of rotatable bonds is 5. The predicted octanol–water partition coefficient (Wildman–Crippen LogP) is 3.11. The van der Waals surface area contributed by atoms with Crippen molar-refractivity contribution < 1.29 is 9.84 Å². The lowest BCUT2D eigenvalue weighted by Crippen LogP contribution is -2.21. The summed E-state index contributed by atoms with van der Waals surface area (Å²) in [6, 6.07) is 3.71. The summed E-state index contributed by atoms with van der Waals surface area (Å²) in [4.78, 5) is 4.26. The third-order valence-electron chi connectivity index (χ3n) is 1.94. The molecule has 1 aromatic rings. The molecule has 1 N–H and O–H groups in total. The van der Waals surface area contributed by atoms with Gasteiger partial charge in [0.25, 0.3) is 0 Å². The molecule has 1 heterocycles. The summed E-state index contributed by atoms with van der Waals surface area (Å²) in [5.74, 6) is 0.774. The third-order valence-corrected chi connectivity index (χ3v) is 2.97. The Morgan fingerprint density at radius 2 is 2.19 bits per heavy atom. The van der Waals surface area contributed by atoms with Crippen LogP contribution in [0, 0.1) is 0 Å². The molecule has 0 aromatic carbocycles. The number of nitrogens with zero attached hydrogens (tertiary/aromatic N) is 1. The van der Waals surface area contributed by atoms with Gasteiger partial charge in [-0.1, -0.05) is 0 Å². The van der Waals surface area contributed by atoms with Crippen LogP contribution in [0.5, 0.6) is 5.75 Å². The maximum atomic E-state index is 9.55. The van der Waals surface area contributed by atoms with Gasteiger partial charge < -0.3 is 9.84 Å². The average Bonchev–Trinajstić information content (AvgIpc) is 2.14. The van der Waals surface area contributed by atoms with Gasteiger partial charge in [-0.05, 0) is 36.0 Å². The van der Waals surface area contributed by atoms with E-state index in [0.29, 0.717) is 13.0 Å². The van der Waals surface area contributed by atoms with Gasteiger partial charge in [0.2, 0.25) is 0 Å². The summed E-state index contributed by atoms with van der Waals surface area (Å²) in [5, 5.41) is 10.5. The van der Waals surface area contributed by atoms with E-state index in [1.54, 1.807) is 25.6 Å². The minimum atomic E-state index is -0.688. The van der Waals surface area contributed by atoms with Crippen LogP contribution >= 0.6 is 27.7 Å². The van der Waals surface area contributed by atoms with Crippen LogP contribution in [0.4, 0.5) is 0 Å². The standard InChI is InChI=1S/C11H16BrNO2S/c1-11(2,14)4-5-15-8-6-9(12)13-10(7-8)16-3/h6-7,14H,4-5H2,1-3H3. The summed E-state index contributed by atoms with van der Waals surface area (Å²) in [7, 11) is 0. The number of aromatic nitrogens is 1. The highest BCUT2D eigenvalue weighted by molar-refractivity contribution is 9.10. The number of pyridine rings is 1. The van der Waals surface area contributed by atoms with Crippen LogP contribution in [0.25, 0.3) is 0 Å². The topological polar surface area (TPSA) is 42.4 Å². The Hall–Kier alpha value is -0.260. The molecule has 5 heteroatoms. The molecular weight excluding hydrogens is 290 g/mol. The Morgan fingerprint density at radius 3 is 2.75 bits per heavy atom. The fourth-order valence-electron chi connectivity index (χ4n) is 1.06. The lowest BCUT2D eigenvalue weighted by atomic mass is 10.1. The summed E-state index contributed by atoms with van der Waals surface area (Å²) in [6.07, 6.45) is 2.57. The Morgan fingerprint density at radius 1 is 1.50 bits per heavy atom. The SMILES string of the molecule is CSc1cc(OCCC(C)(C)O)cc(Br)n1. The van der Waals surface area contributed by atoms with Crippen molar-refractivity contribution in [1.29, 1.82) is 0 Å². The summed E-state index contributed by atoms with van der Waals surface area (Å²) < 4.78 is 6.32. The van der Waals surface area contributed by atoms with Crippen molar-refractivity contribution in [3.8, 4) is 5.75 Å². The van der Waals surface area contributed by atoms with Crippen molar-refractivity contribution in [1.82, 2.24) is 4.98 Å². The molecule has 0 bridgehead atoms. The number of hydrogen-bond acceptors (Lipinski definition) is 4. The van der Waals surface area contributed by atoms with Gasteiger partial charge in [0.15, 0.2) is 0 Å². The van der Waals surface area contributed by atoms with Crippen LogP contribution in [-0.2, 0) is 0 Å². The van der Waals surface area contributed by atoms with Crippen LogP contribution in [0.1, 0.15) is 20.3 Å². The molecule has 0 aliphatic heterocycles. The predicted molar refractivity (Wildman–Crippen MR) is 70.1 cm³/mol. The number of hydrogen-bond donors (Lipinski definition) is 1. The Kier molecular flexibility index (Phi) is 5.08. The largest absolute Gasteiger partial charge is 0.493 e. The maximum Gasteiger partial charge on any atom is 0.124 e. The first-order valence-electron chi connectivity index (χ1n) is 4.97. The van der Waals surface area contributed by atoms with Gasteiger partial charge in [-0.3, -0.25) is 0 Å². The second-order valence-electron chi connectivity index (χ2n) is 4.08. The van der Waals surface area contributed by atoms with Crippen LogP contribution in [0.2, 0.25) is 0 Å². The first-order valence-corrected chi connectivity index (χ1v) is 6.99. The van der Waals surface area contributed by atoms with E-state index in [9.17, 15) is 5.11 Å². The van der Waals surface area contributed by atoms with Crippen LogP contribution in [-0.4, -0.2) is 28.6 Å². The molecule has 3 nitrogen and oxygen atoms in total. The second-order valence-corrected chi connectivity index (χ2v) is 5.72. The zero-order chi connectivity index (χ0) is 12.2. The first-order chi connectivity index (χ1) is 7.40. The molecule has 90 valence electrons. The average molecular weight is 306 g/mol. The molecule has 0 fully saturated rings. The van der Waals surface area contributed by atoms with Crippen LogP contribution < -0.4 is 4.74 Å². The maximum absolute atomic E-state index is 9.55. The van der Waals surface area contributed by atoms with E-state index in [4.69, 9.17) is 4.74 Å². The summed E-state index contributed by atoms with van der Waals surface area (Å²) >= 11 is 4.90. The fourth-order valence-corrected chi connectivity index (χ4v) is 2.01. The molecule has 0 saturated carbocycles. The van der Waals surface area contributed by atoms with E-state index < -0.39 is 5.60 Å². The molecule has 0 atom stereocenters. The molecule has 0 unspecified atom stereocenters. The second kappa shape index (κ2) is 5.89. The summed E-state index contributed by atoms with van der Waals surface area (Å²) in [5.41, 5.74) is -0.688. The normalized spacial score (nSPS) is 11.6. The minimum absolute atomic E-state index is 0.494. The lowest BCUT2D eigenvalue weighted by Gasteiger charge is -2.17. The molecule has 0 spiro atoms. The van der Waals surface area contributed by atoms with E-state index in [0.717, 1.165) is 15.4 Å². The molecule has 0 aliphatic rings. The molecule has 0 saturated heterocycles. The van der Waals surface area contributed by atoms with Crippen molar-refractivity contribution in [2.24, 2.45) is 0 Å². The summed E-state index contributed by atoms with van der Waals surface area (Å²) in [6.45, 7) is 4.03. The number of aliphatic hydroxyl groups is 1. The Bertz CT molecular complexity index is 352.